The molecule has 2 heteroatoms. The number of allylic oxidation sites excluding steroid dienone is 2. The maximum Gasteiger partial charge on any atom is 0.126 e. The van der Waals surface area contributed by atoms with Crippen LogP contribution in [0.15, 0.2) is 30.5 Å². The first-order valence-corrected chi connectivity index (χ1v) is 3.63. The van der Waals surface area contributed by atoms with Gasteiger partial charge in [0.15, 0.2) is 0 Å². The summed E-state index contributed by atoms with van der Waals surface area (Å²) in [6.07, 6.45) is 6.47. The second-order valence-electron chi connectivity index (χ2n) is 2.50. The number of hydrogen-bond acceptors (Lipinski definition) is 2. The van der Waals surface area contributed by atoms with E-state index >= 15 is 0 Å². The van der Waals surface area contributed by atoms with Crippen LogP contribution in [0.2, 0.25) is 0 Å². The third-order valence-electron chi connectivity index (χ3n) is 1.74. The van der Waals surface area contributed by atoms with Crippen LogP contribution in [-0.4, -0.2) is 12.5 Å². The van der Waals surface area contributed by atoms with Crippen LogP contribution in [0.1, 0.15) is 6.42 Å². The molecule has 0 saturated heterocycles. The minimum atomic E-state index is 0.214. The maximum atomic E-state index is 10.4. The number of carbonyl (C=O) groups excluding carboxylic acids is 1. The molecule has 1 atom stereocenters. The summed E-state index contributed by atoms with van der Waals surface area (Å²) in [4.78, 5) is 10.4. The molecule has 1 unspecified atom stereocenters. The molecule has 0 spiro atoms. The normalized spacial score (nSPS) is 22.2. The van der Waals surface area contributed by atoms with Crippen LogP contribution in [0.3, 0.4) is 0 Å². The largest absolute Gasteiger partial charge is 0.387 e. The predicted molar refractivity (Wildman–Crippen MR) is 44.7 cm³/mol. The summed E-state index contributed by atoms with van der Waals surface area (Å²) in [5.41, 5.74) is 0.785. The van der Waals surface area contributed by atoms with Gasteiger partial charge in [-0.15, -0.1) is 6.58 Å². The highest BCUT2D eigenvalue weighted by atomic mass is 16.1. The van der Waals surface area contributed by atoms with Gasteiger partial charge in [-0.1, -0.05) is 12.2 Å². The van der Waals surface area contributed by atoms with E-state index in [0.29, 0.717) is 6.54 Å². The second-order valence-corrected chi connectivity index (χ2v) is 2.50. The van der Waals surface area contributed by atoms with Gasteiger partial charge in [-0.3, -0.25) is 0 Å². The summed E-state index contributed by atoms with van der Waals surface area (Å²) in [5, 5.41) is 2.96. The minimum Gasteiger partial charge on any atom is -0.387 e. The fourth-order valence-electron chi connectivity index (χ4n) is 1.11. The lowest BCUT2D eigenvalue weighted by Gasteiger charge is -2.16. The molecule has 1 aliphatic rings. The van der Waals surface area contributed by atoms with Crippen LogP contribution in [-0.2, 0) is 4.79 Å². The Kier molecular flexibility index (Phi) is 2.70. The lowest BCUT2D eigenvalue weighted by Crippen LogP contribution is -2.20. The van der Waals surface area contributed by atoms with Crippen LogP contribution in [0.5, 0.6) is 0 Å². The molecule has 0 aromatic heterocycles. The van der Waals surface area contributed by atoms with Crippen molar-refractivity contribution in [1.29, 1.82) is 0 Å². The Labute approximate surface area is 66.3 Å². The molecular weight excluding hydrogens is 138 g/mol. The third-order valence-corrected chi connectivity index (χ3v) is 1.74. The van der Waals surface area contributed by atoms with Crippen LogP contribution < -0.4 is 5.32 Å². The van der Waals surface area contributed by atoms with Crippen molar-refractivity contribution < 1.29 is 4.79 Å². The molecule has 0 amide bonds. The van der Waals surface area contributed by atoms with E-state index in [1.54, 1.807) is 0 Å². The lowest BCUT2D eigenvalue weighted by atomic mass is 9.95. The lowest BCUT2D eigenvalue weighted by molar-refractivity contribution is 0.560. The van der Waals surface area contributed by atoms with Crippen molar-refractivity contribution in [2.24, 2.45) is 5.92 Å². The Balaban J connectivity index is 2.72. The topological polar surface area (TPSA) is 29.1 Å². The van der Waals surface area contributed by atoms with E-state index in [1.807, 2.05) is 24.3 Å². The molecule has 1 heterocycles. The Morgan fingerprint density at radius 1 is 1.91 bits per heavy atom. The molecule has 2 nitrogen and oxygen atoms in total. The zero-order chi connectivity index (χ0) is 8.10. The van der Waals surface area contributed by atoms with Gasteiger partial charge in [-0.25, -0.2) is 4.79 Å². The van der Waals surface area contributed by atoms with E-state index in [0.717, 1.165) is 12.0 Å². The average molecular weight is 149 g/mol. The molecule has 0 aromatic rings. The maximum absolute atomic E-state index is 10.4. The summed E-state index contributed by atoms with van der Waals surface area (Å²) in [6.45, 7) is 4.25. The molecule has 0 radical (unpaired) electrons. The fourth-order valence-corrected chi connectivity index (χ4v) is 1.11. The summed E-state index contributed by atoms with van der Waals surface area (Å²) < 4.78 is 0. The number of rotatable bonds is 2. The predicted octanol–water partition coefficient (Wildman–Crippen LogP) is 1.05. The number of hydrogen-bond donors (Lipinski definition) is 1. The highest BCUT2D eigenvalue weighted by Gasteiger charge is 2.12. The quantitative estimate of drug-likeness (QED) is 0.469. The van der Waals surface area contributed by atoms with Crippen molar-refractivity contribution in [2.45, 2.75) is 6.42 Å². The molecule has 11 heavy (non-hydrogen) atoms. The molecule has 0 aromatic carbocycles. The molecule has 1 N–H and O–H groups in total. The van der Waals surface area contributed by atoms with Crippen molar-refractivity contribution in [2.75, 3.05) is 6.54 Å². The summed E-state index contributed by atoms with van der Waals surface area (Å²) in [6, 6.07) is 0. The summed E-state index contributed by atoms with van der Waals surface area (Å²) in [5.74, 6) is 2.16. The monoisotopic (exact) mass is 149 g/mol. The van der Waals surface area contributed by atoms with E-state index in [1.165, 1.54) is 0 Å². The standard InChI is InChI=1S/C9H11NO/c1-2-3-8-4-5-10-6-9(8)7-11/h2,4-5,8,10H,1,3,6H2. The van der Waals surface area contributed by atoms with Gasteiger partial charge in [0, 0.05) is 18.0 Å². The SMILES string of the molecule is C=CCC1C=CNCC1=C=O. The molecule has 0 bridgehead atoms. The van der Waals surface area contributed by atoms with Crippen molar-refractivity contribution in [3.8, 4) is 0 Å². The summed E-state index contributed by atoms with van der Waals surface area (Å²) >= 11 is 0. The van der Waals surface area contributed by atoms with Crippen LogP contribution in [0, 0.1) is 5.92 Å². The fraction of sp³-hybridized carbons (Fsp3) is 0.333. The molecule has 1 aliphatic heterocycles. The van der Waals surface area contributed by atoms with Gasteiger partial charge < -0.3 is 5.32 Å². The third kappa shape index (κ3) is 1.82. The molecule has 0 saturated carbocycles. The van der Waals surface area contributed by atoms with Gasteiger partial charge in [0.25, 0.3) is 0 Å². The first-order valence-electron chi connectivity index (χ1n) is 3.63. The minimum absolute atomic E-state index is 0.214. The molecule has 0 fully saturated rings. The van der Waals surface area contributed by atoms with E-state index in [-0.39, 0.29) is 5.92 Å². The van der Waals surface area contributed by atoms with E-state index in [2.05, 4.69) is 11.9 Å². The van der Waals surface area contributed by atoms with Crippen molar-refractivity contribution in [1.82, 2.24) is 5.32 Å². The smallest absolute Gasteiger partial charge is 0.126 e. The van der Waals surface area contributed by atoms with Gasteiger partial charge >= 0.3 is 0 Å². The van der Waals surface area contributed by atoms with Gasteiger partial charge in [-0.05, 0) is 12.6 Å². The zero-order valence-corrected chi connectivity index (χ0v) is 6.34. The van der Waals surface area contributed by atoms with Crippen molar-refractivity contribution in [3.63, 3.8) is 0 Å². The van der Waals surface area contributed by atoms with Gasteiger partial charge in [0.05, 0.1) is 0 Å². The van der Waals surface area contributed by atoms with E-state index < -0.39 is 0 Å². The molecule has 58 valence electrons. The van der Waals surface area contributed by atoms with E-state index in [9.17, 15) is 4.79 Å². The Morgan fingerprint density at radius 2 is 2.73 bits per heavy atom. The average Bonchev–Trinajstić information content (AvgIpc) is 2.06. The molecular formula is C9H11NO. The zero-order valence-electron chi connectivity index (χ0n) is 6.34. The first-order chi connectivity index (χ1) is 5.38. The van der Waals surface area contributed by atoms with Gasteiger partial charge in [-0.2, -0.15) is 0 Å². The summed E-state index contributed by atoms with van der Waals surface area (Å²) in [7, 11) is 0. The van der Waals surface area contributed by atoms with Gasteiger partial charge in [0.1, 0.15) is 5.94 Å². The highest BCUT2D eigenvalue weighted by molar-refractivity contribution is 5.55. The van der Waals surface area contributed by atoms with Crippen LogP contribution in [0.4, 0.5) is 0 Å². The Hall–Kier alpha value is -1.27. The van der Waals surface area contributed by atoms with E-state index in [4.69, 9.17) is 0 Å². The molecule has 0 aliphatic carbocycles. The van der Waals surface area contributed by atoms with Crippen molar-refractivity contribution in [3.05, 3.63) is 30.5 Å². The highest BCUT2D eigenvalue weighted by Crippen LogP contribution is 2.16. The van der Waals surface area contributed by atoms with Crippen LogP contribution in [0.25, 0.3) is 0 Å². The Bertz CT molecular complexity index is 224. The Morgan fingerprint density at radius 3 is 3.36 bits per heavy atom. The molecule has 1 rings (SSSR count). The second kappa shape index (κ2) is 3.79. The van der Waals surface area contributed by atoms with Gasteiger partial charge in [0.2, 0.25) is 0 Å². The number of nitrogens with one attached hydrogen (secondary N) is 1. The van der Waals surface area contributed by atoms with Crippen molar-refractivity contribution >= 4 is 5.94 Å². The first kappa shape index (κ1) is 7.83. The van der Waals surface area contributed by atoms with Crippen LogP contribution >= 0.6 is 0 Å².